The number of hydrogen-bond donors (Lipinski definition) is 1. The van der Waals surface area contributed by atoms with E-state index in [2.05, 4.69) is 28.2 Å². The van der Waals surface area contributed by atoms with Gasteiger partial charge in [-0.05, 0) is 87.8 Å². The molecular weight excluding hydrogens is 483 g/mol. The van der Waals surface area contributed by atoms with Crippen LogP contribution in [0, 0.1) is 5.82 Å². The van der Waals surface area contributed by atoms with E-state index >= 15 is 0 Å². The lowest BCUT2D eigenvalue weighted by molar-refractivity contribution is -0.139. The van der Waals surface area contributed by atoms with Gasteiger partial charge in [-0.15, -0.1) is 0 Å². The van der Waals surface area contributed by atoms with Crippen LogP contribution in [-0.2, 0) is 16.0 Å². The zero-order chi connectivity index (χ0) is 27.5. The number of hydrogen-bond acceptors (Lipinski definition) is 5. The zero-order valence-electron chi connectivity index (χ0n) is 23.5. The molecule has 0 aromatic heterocycles. The molecule has 0 unspecified atom stereocenters. The van der Waals surface area contributed by atoms with E-state index in [9.17, 15) is 9.18 Å². The number of amidine groups is 1. The molecule has 1 N–H and O–H groups in total. The maximum Gasteiger partial charge on any atom is 0.285 e. The molecule has 0 fully saturated rings. The highest BCUT2D eigenvalue weighted by atomic mass is 19.1. The number of amides is 1. The van der Waals surface area contributed by atoms with Crippen LogP contribution in [-0.4, -0.2) is 75.2 Å². The Labute approximate surface area is 227 Å². The van der Waals surface area contributed by atoms with Crippen molar-refractivity contribution < 1.29 is 18.7 Å². The minimum Gasteiger partial charge on any atom is -0.497 e. The molecule has 1 heterocycles. The molecule has 2 aromatic carbocycles. The van der Waals surface area contributed by atoms with Gasteiger partial charge in [0.2, 0.25) is 0 Å². The van der Waals surface area contributed by atoms with Gasteiger partial charge in [-0.25, -0.2) is 9.38 Å². The Morgan fingerprint density at radius 2 is 1.92 bits per heavy atom. The van der Waals surface area contributed by atoms with Gasteiger partial charge in [-0.2, -0.15) is 0 Å². The van der Waals surface area contributed by atoms with Crippen molar-refractivity contribution in [2.45, 2.75) is 58.0 Å². The van der Waals surface area contributed by atoms with E-state index in [1.165, 1.54) is 12.1 Å². The van der Waals surface area contributed by atoms with E-state index in [1.54, 1.807) is 19.2 Å². The fourth-order valence-corrected chi connectivity index (χ4v) is 4.96. The average molecular weight is 527 g/mol. The van der Waals surface area contributed by atoms with Gasteiger partial charge in [-0.3, -0.25) is 4.79 Å². The van der Waals surface area contributed by atoms with Gasteiger partial charge in [0.1, 0.15) is 11.6 Å². The second-order valence-corrected chi connectivity index (χ2v) is 9.98. The van der Waals surface area contributed by atoms with E-state index in [1.807, 2.05) is 38.1 Å². The maximum absolute atomic E-state index is 13.9. The highest BCUT2D eigenvalue weighted by Crippen LogP contribution is 2.40. The molecule has 0 bridgehead atoms. The summed E-state index contributed by atoms with van der Waals surface area (Å²) in [5, 5.41) is 3.14. The number of aliphatic imine (C=N–C) groups is 1. The highest BCUT2D eigenvalue weighted by molar-refractivity contribution is 5.83. The molecular formula is C30H43FN4O3. The van der Waals surface area contributed by atoms with Gasteiger partial charge < -0.3 is 24.6 Å². The van der Waals surface area contributed by atoms with E-state index < -0.39 is 0 Å². The predicted octanol–water partition coefficient (Wildman–Crippen LogP) is 4.80. The number of carbonyl (C=O) groups is 1. The highest BCUT2D eigenvalue weighted by Gasteiger charge is 2.38. The molecule has 0 spiro atoms. The predicted molar refractivity (Wildman–Crippen MR) is 150 cm³/mol. The molecule has 0 aliphatic carbocycles. The Hall–Kier alpha value is -3.13. The normalized spacial score (nSPS) is 17.3. The minimum absolute atomic E-state index is 0.0136. The summed E-state index contributed by atoms with van der Waals surface area (Å²) < 4.78 is 25.3. The van der Waals surface area contributed by atoms with Crippen molar-refractivity contribution in [1.82, 2.24) is 15.1 Å². The molecule has 2 atom stereocenters. The van der Waals surface area contributed by atoms with E-state index in [0.717, 1.165) is 61.1 Å². The number of methoxy groups -OCH3 is 1. The molecule has 1 amide bonds. The van der Waals surface area contributed by atoms with E-state index in [4.69, 9.17) is 9.47 Å². The van der Waals surface area contributed by atoms with Gasteiger partial charge in [0, 0.05) is 19.1 Å². The van der Waals surface area contributed by atoms with Crippen LogP contribution in [0.4, 0.5) is 4.39 Å². The largest absolute Gasteiger partial charge is 0.497 e. The Morgan fingerprint density at radius 3 is 2.58 bits per heavy atom. The fraction of sp³-hybridized carbons (Fsp3) is 0.533. The third kappa shape index (κ3) is 7.93. The lowest BCUT2D eigenvalue weighted by atomic mass is 9.83. The molecule has 0 saturated heterocycles. The Kier molecular flexibility index (Phi) is 11.4. The van der Waals surface area contributed by atoms with E-state index in [0.29, 0.717) is 19.1 Å². The average Bonchev–Trinajstić information content (AvgIpc) is 2.91. The molecule has 2 aromatic rings. The first kappa shape index (κ1) is 29.4. The molecule has 0 radical (unpaired) electrons. The fourth-order valence-electron chi connectivity index (χ4n) is 4.96. The number of carbonyl (C=O) groups excluding carboxylic acids is 1. The summed E-state index contributed by atoms with van der Waals surface area (Å²) in [7, 11) is 5.72. The number of unbranched alkanes of at least 4 members (excludes halogenated alkanes) is 1. The third-order valence-electron chi connectivity index (χ3n) is 6.82. The van der Waals surface area contributed by atoms with Crippen molar-refractivity contribution in [3.63, 3.8) is 0 Å². The van der Waals surface area contributed by atoms with Crippen LogP contribution >= 0.6 is 0 Å². The Balaban J connectivity index is 1.92. The first-order chi connectivity index (χ1) is 18.4. The van der Waals surface area contributed by atoms with Gasteiger partial charge in [-0.1, -0.05) is 38.0 Å². The quantitative estimate of drug-likeness (QED) is 0.245. The molecule has 0 saturated carbocycles. The summed E-state index contributed by atoms with van der Waals surface area (Å²) in [6.07, 6.45) is 4.54. The second kappa shape index (κ2) is 14.7. The number of rotatable bonds is 12. The number of benzene rings is 2. The van der Waals surface area contributed by atoms with Crippen molar-refractivity contribution in [3.05, 3.63) is 65.0 Å². The number of halogens is 1. The number of nitrogens with one attached hydrogen (secondary N) is 1. The van der Waals surface area contributed by atoms with Crippen LogP contribution in [0.15, 0.2) is 47.5 Å². The topological polar surface area (TPSA) is 66.4 Å². The molecule has 8 heteroatoms. The monoisotopic (exact) mass is 526 g/mol. The minimum atomic E-state index is -0.345. The second-order valence-electron chi connectivity index (χ2n) is 9.98. The first-order valence-corrected chi connectivity index (χ1v) is 13.7. The number of fused-ring (bicyclic) bond motifs is 1. The summed E-state index contributed by atoms with van der Waals surface area (Å²) >= 11 is 0. The smallest absolute Gasteiger partial charge is 0.285 e. The SMILES string of the molecule is CCCC[C@H]1Cc2cc(OC)ccc2[C@H](c2ccc(F)cc2)N1C(=O)COC(=NCCCN(C)C)NCC. The third-order valence-corrected chi connectivity index (χ3v) is 6.82. The summed E-state index contributed by atoms with van der Waals surface area (Å²) in [4.78, 5) is 22.5. The van der Waals surface area contributed by atoms with E-state index in [-0.39, 0.29) is 30.4 Å². The van der Waals surface area contributed by atoms with Crippen LogP contribution in [0.2, 0.25) is 0 Å². The standard InChI is InChI=1S/C30H43FN4O3/c1-6-8-10-25-19-23-20-26(37-5)15-16-27(23)29(22-11-13-24(31)14-12-22)35(25)28(36)21-38-30(32-7-2)33-17-9-18-34(3)4/h11-16,20,25,29H,6-10,17-19,21H2,1-5H3,(H,32,33)/t25-,29-/m0/s1. The number of nitrogens with zero attached hydrogens (tertiary/aromatic N) is 3. The Morgan fingerprint density at radius 1 is 1.16 bits per heavy atom. The van der Waals surface area contributed by atoms with Crippen molar-refractivity contribution in [1.29, 1.82) is 0 Å². The van der Waals surface area contributed by atoms with Crippen LogP contribution in [0.3, 0.4) is 0 Å². The lowest BCUT2D eigenvalue weighted by Crippen LogP contribution is -2.49. The van der Waals surface area contributed by atoms with Gasteiger partial charge >= 0.3 is 0 Å². The van der Waals surface area contributed by atoms with Crippen LogP contribution in [0.5, 0.6) is 5.75 Å². The molecule has 7 nitrogen and oxygen atoms in total. The summed E-state index contributed by atoms with van der Waals surface area (Å²) in [6, 6.07) is 12.5. The van der Waals surface area contributed by atoms with Crippen molar-refractivity contribution in [3.8, 4) is 5.75 Å². The molecule has 38 heavy (non-hydrogen) atoms. The van der Waals surface area contributed by atoms with Crippen LogP contribution in [0.1, 0.15) is 62.3 Å². The van der Waals surface area contributed by atoms with Crippen LogP contribution in [0.25, 0.3) is 0 Å². The molecule has 3 rings (SSSR count). The maximum atomic E-state index is 13.9. The Bertz CT molecular complexity index is 1060. The summed E-state index contributed by atoms with van der Waals surface area (Å²) in [5.74, 6) is 0.379. The van der Waals surface area contributed by atoms with Gasteiger partial charge in [0.15, 0.2) is 6.61 Å². The molecule has 208 valence electrons. The van der Waals surface area contributed by atoms with Gasteiger partial charge in [0.05, 0.1) is 13.2 Å². The molecule has 1 aliphatic rings. The first-order valence-electron chi connectivity index (χ1n) is 13.7. The van der Waals surface area contributed by atoms with Crippen molar-refractivity contribution in [2.75, 3.05) is 47.4 Å². The van der Waals surface area contributed by atoms with Crippen LogP contribution < -0.4 is 10.1 Å². The summed E-state index contributed by atoms with van der Waals surface area (Å²) in [5.41, 5.74) is 3.06. The van der Waals surface area contributed by atoms with Gasteiger partial charge in [0.25, 0.3) is 11.9 Å². The molecule has 1 aliphatic heterocycles. The zero-order valence-corrected chi connectivity index (χ0v) is 23.5. The van der Waals surface area contributed by atoms with Crippen molar-refractivity contribution in [2.24, 2.45) is 4.99 Å². The van der Waals surface area contributed by atoms with Crippen molar-refractivity contribution >= 4 is 11.9 Å². The summed E-state index contributed by atoms with van der Waals surface area (Å²) in [6.45, 7) is 6.20. The number of ether oxygens (including phenoxy) is 2. The lowest BCUT2D eigenvalue weighted by Gasteiger charge is -2.44.